The topological polar surface area (TPSA) is 55.4 Å². The van der Waals surface area contributed by atoms with Crippen molar-refractivity contribution >= 4 is 26.0 Å². The lowest BCUT2D eigenvalue weighted by atomic mass is 10.1. The van der Waals surface area contributed by atoms with E-state index in [0.717, 1.165) is 22.9 Å². The first kappa shape index (κ1) is 15.0. The van der Waals surface area contributed by atoms with Crippen molar-refractivity contribution in [2.75, 3.05) is 12.9 Å². The molecule has 0 spiro atoms. The molecule has 1 atom stereocenters. The Bertz CT molecular complexity index is 555. The van der Waals surface area contributed by atoms with Crippen LogP contribution in [-0.2, 0) is 20.3 Å². The van der Waals surface area contributed by atoms with E-state index in [1.54, 1.807) is 6.92 Å². The Morgan fingerprint density at radius 2 is 2.05 bits per heavy atom. The van der Waals surface area contributed by atoms with Crippen molar-refractivity contribution in [3.63, 3.8) is 0 Å². The summed E-state index contributed by atoms with van der Waals surface area (Å²) in [4.78, 5) is 0. The van der Waals surface area contributed by atoms with Crippen LogP contribution in [0.1, 0.15) is 25.3 Å². The van der Waals surface area contributed by atoms with Crippen LogP contribution in [-0.4, -0.2) is 27.4 Å². The molecule has 1 aliphatic carbocycles. The van der Waals surface area contributed by atoms with Crippen LogP contribution >= 0.6 is 15.9 Å². The average molecular weight is 348 g/mol. The van der Waals surface area contributed by atoms with Crippen LogP contribution in [0.3, 0.4) is 0 Å². The van der Waals surface area contributed by atoms with E-state index in [1.807, 2.05) is 24.3 Å². The predicted octanol–water partition coefficient (Wildman–Crippen LogP) is 2.39. The van der Waals surface area contributed by atoms with Gasteiger partial charge < -0.3 is 4.74 Å². The number of methoxy groups -OCH3 is 1. The summed E-state index contributed by atoms with van der Waals surface area (Å²) in [6.07, 6.45) is 1.35. The van der Waals surface area contributed by atoms with Gasteiger partial charge in [0.05, 0.1) is 17.4 Å². The first-order chi connectivity index (χ1) is 8.88. The molecular formula is C13H18BrNO3S. The molecule has 0 bridgehead atoms. The first-order valence-electron chi connectivity index (χ1n) is 6.18. The Hall–Kier alpha value is -0.430. The maximum absolute atomic E-state index is 12.1. The Labute approximate surface area is 122 Å². The van der Waals surface area contributed by atoms with Gasteiger partial charge in [-0.2, -0.15) is 0 Å². The summed E-state index contributed by atoms with van der Waals surface area (Å²) in [6.45, 7) is 1.75. The number of sulfonamides is 1. The van der Waals surface area contributed by atoms with E-state index in [9.17, 15) is 8.42 Å². The van der Waals surface area contributed by atoms with Crippen molar-refractivity contribution in [2.45, 2.75) is 31.4 Å². The van der Waals surface area contributed by atoms with Crippen LogP contribution in [0, 0.1) is 0 Å². The summed E-state index contributed by atoms with van der Waals surface area (Å²) in [5.41, 5.74) is 0.565. The van der Waals surface area contributed by atoms with E-state index in [2.05, 4.69) is 20.7 Å². The van der Waals surface area contributed by atoms with Crippen molar-refractivity contribution in [3.8, 4) is 0 Å². The zero-order valence-electron chi connectivity index (χ0n) is 11.0. The minimum absolute atomic E-state index is 0.0182. The van der Waals surface area contributed by atoms with E-state index in [4.69, 9.17) is 4.74 Å². The molecule has 106 valence electrons. The van der Waals surface area contributed by atoms with Gasteiger partial charge in [0.25, 0.3) is 0 Å². The Balaban J connectivity index is 2.17. The number of hydrogen-bond acceptors (Lipinski definition) is 3. The lowest BCUT2D eigenvalue weighted by Gasteiger charge is -2.20. The third kappa shape index (κ3) is 3.56. The lowest BCUT2D eigenvalue weighted by molar-refractivity contribution is 0.136. The van der Waals surface area contributed by atoms with E-state index < -0.39 is 15.6 Å². The van der Waals surface area contributed by atoms with Gasteiger partial charge in [0.15, 0.2) is 0 Å². The summed E-state index contributed by atoms with van der Waals surface area (Å²) in [7, 11) is -1.83. The average Bonchev–Trinajstić information content (AvgIpc) is 3.08. The predicted molar refractivity (Wildman–Crippen MR) is 78.4 cm³/mol. The monoisotopic (exact) mass is 347 g/mol. The zero-order chi connectivity index (χ0) is 14.1. The summed E-state index contributed by atoms with van der Waals surface area (Å²) >= 11 is 3.48. The third-order valence-electron chi connectivity index (χ3n) is 3.35. The van der Waals surface area contributed by atoms with E-state index in [0.29, 0.717) is 0 Å². The van der Waals surface area contributed by atoms with Crippen molar-refractivity contribution in [1.82, 2.24) is 4.72 Å². The lowest BCUT2D eigenvalue weighted by Crippen LogP contribution is -2.39. The molecule has 0 amide bonds. The van der Waals surface area contributed by atoms with Crippen LogP contribution in [0.4, 0.5) is 0 Å². The number of benzene rings is 1. The largest absolute Gasteiger partial charge is 0.381 e. The molecule has 4 nitrogen and oxygen atoms in total. The molecule has 1 aromatic rings. The maximum atomic E-state index is 12.1. The van der Waals surface area contributed by atoms with Gasteiger partial charge in [-0.05, 0) is 31.4 Å². The van der Waals surface area contributed by atoms with Gasteiger partial charge in [0, 0.05) is 11.6 Å². The fourth-order valence-corrected chi connectivity index (χ4v) is 4.53. The van der Waals surface area contributed by atoms with Crippen molar-refractivity contribution in [2.24, 2.45) is 0 Å². The van der Waals surface area contributed by atoms with Gasteiger partial charge in [0.2, 0.25) is 10.0 Å². The smallest absolute Gasteiger partial charge is 0.214 e. The molecule has 1 fully saturated rings. The quantitative estimate of drug-likeness (QED) is 0.859. The van der Waals surface area contributed by atoms with Crippen LogP contribution in [0.5, 0.6) is 0 Å². The highest BCUT2D eigenvalue weighted by Gasteiger charge is 2.48. The molecule has 0 heterocycles. The van der Waals surface area contributed by atoms with Gasteiger partial charge in [-0.25, -0.2) is 13.1 Å². The summed E-state index contributed by atoms with van der Waals surface area (Å²) in [6, 6.07) is 7.73. The van der Waals surface area contributed by atoms with Gasteiger partial charge in [-0.1, -0.05) is 34.1 Å². The number of hydrogen-bond donors (Lipinski definition) is 1. The fourth-order valence-electron chi connectivity index (χ4n) is 2.12. The second-order valence-corrected chi connectivity index (χ2v) is 7.61. The molecule has 0 radical (unpaired) electrons. The number of rotatable bonds is 6. The van der Waals surface area contributed by atoms with Gasteiger partial charge in [0.1, 0.15) is 0 Å². The number of ether oxygens (including phenoxy) is 1. The number of nitrogens with one attached hydrogen (secondary N) is 1. The molecule has 0 aliphatic heterocycles. The minimum Gasteiger partial charge on any atom is -0.381 e. The third-order valence-corrected chi connectivity index (χ3v) is 5.65. The molecule has 0 aromatic heterocycles. The molecule has 6 heteroatoms. The first-order valence-corrected chi connectivity index (χ1v) is 8.62. The summed E-state index contributed by atoms with van der Waals surface area (Å²) in [5.74, 6) is -0.0182. The highest BCUT2D eigenvalue weighted by Crippen LogP contribution is 2.48. The molecule has 1 unspecified atom stereocenters. The number of halogens is 1. The zero-order valence-corrected chi connectivity index (χ0v) is 13.4. The van der Waals surface area contributed by atoms with E-state index in [-0.39, 0.29) is 11.9 Å². The van der Waals surface area contributed by atoms with Crippen molar-refractivity contribution in [3.05, 3.63) is 34.3 Å². The SMILES string of the molecule is COC(C)CS(=O)(=O)NC1(c2ccccc2Br)CC1. The molecule has 1 saturated carbocycles. The molecule has 19 heavy (non-hydrogen) atoms. The van der Waals surface area contributed by atoms with Crippen LogP contribution in [0.2, 0.25) is 0 Å². The molecule has 2 rings (SSSR count). The normalized spacial score (nSPS) is 19.1. The van der Waals surface area contributed by atoms with Crippen molar-refractivity contribution in [1.29, 1.82) is 0 Å². The maximum Gasteiger partial charge on any atom is 0.214 e. The molecule has 1 aliphatic rings. The molecular weight excluding hydrogens is 330 g/mol. The summed E-state index contributed by atoms with van der Waals surface area (Å²) in [5, 5.41) is 0. The van der Waals surface area contributed by atoms with E-state index in [1.165, 1.54) is 7.11 Å². The standard InChI is InChI=1S/C13H18BrNO3S/c1-10(18-2)9-19(16,17)15-13(7-8-13)11-5-3-4-6-12(11)14/h3-6,10,15H,7-9H2,1-2H3. The highest BCUT2D eigenvalue weighted by molar-refractivity contribution is 9.10. The molecule has 1 aromatic carbocycles. The summed E-state index contributed by atoms with van der Waals surface area (Å²) < 4.78 is 33.1. The van der Waals surface area contributed by atoms with Crippen LogP contribution in [0.25, 0.3) is 0 Å². The van der Waals surface area contributed by atoms with Gasteiger partial charge >= 0.3 is 0 Å². The second kappa shape index (κ2) is 5.52. The Morgan fingerprint density at radius 3 is 2.58 bits per heavy atom. The van der Waals surface area contributed by atoms with Gasteiger partial charge in [-0.15, -0.1) is 0 Å². The van der Waals surface area contributed by atoms with Crippen LogP contribution < -0.4 is 4.72 Å². The Morgan fingerprint density at radius 1 is 1.42 bits per heavy atom. The second-order valence-electron chi connectivity index (χ2n) is 4.99. The molecule has 1 N–H and O–H groups in total. The van der Waals surface area contributed by atoms with Crippen LogP contribution in [0.15, 0.2) is 28.7 Å². The highest BCUT2D eigenvalue weighted by atomic mass is 79.9. The minimum atomic E-state index is -3.35. The Kier molecular flexibility index (Phi) is 4.35. The van der Waals surface area contributed by atoms with E-state index >= 15 is 0 Å². The fraction of sp³-hybridized carbons (Fsp3) is 0.538. The van der Waals surface area contributed by atoms with Crippen molar-refractivity contribution < 1.29 is 13.2 Å². The van der Waals surface area contributed by atoms with Gasteiger partial charge in [-0.3, -0.25) is 0 Å². The molecule has 0 saturated heterocycles.